The van der Waals surface area contributed by atoms with E-state index in [1.807, 2.05) is 43.3 Å². The van der Waals surface area contributed by atoms with E-state index in [0.717, 1.165) is 15.7 Å². The molecule has 0 aliphatic carbocycles. The van der Waals surface area contributed by atoms with Gasteiger partial charge in [-0.1, -0.05) is 30.3 Å². The van der Waals surface area contributed by atoms with Crippen LogP contribution in [-0.4, -0.2) is 24.1 Å². The minimum atomic E-state index is -0.225. The predicted molar refractivity (Wildman–Crippen MR) is 107 cm³/mol. The summed E-state index contributed by atoms with van der Waals surface area (Å²) in [5.74, 6) is 1.06. The quantitative estimate of drug-likeness (QED) is 0.652. The van der Waals surface area contributed by atoms with Gasteiger partial charge in [-0.25, -0.2) is 0 Å². The van der Waals surface area contributed by atoms with Gasteiger partial charge < -0.3 is 14.8 Å². The molecule has 1 aliphatic heterocycles. The molecule has 0 atom stereocenters. The summed E-state index contributed by atoms with van der Waals surface area (Å²) in [6.07, 6.45) is 0. The molecule has 0 spiro atoms. The Morgan fingerprint density at radius 2 is 1.74 bits per heavy atom. The van der Waals surface area contributed by atoms with Crippen LogP contribution in [0.3, 0.4) is 0 Å². The first-order valence-corrected chi connectivity index (χ1v) is 9.34. The normalized spacial score (nSPS) is 12.5. The van der Waals surface area contributed by atoms with Crippen molar-refractivity contribution in [2.24, 2.45) is 0 Å². The summed E-state index contributed by atoms with van der Waals surface area (Å²) >= 11 is 3.47. The third-order valence-electron chi connectivity index (χ3n) is 4.28. The summed E-state index contributed by atoms with van der Waals surface area (Å²) in [4.78, 5) is 17.3. The fraction of sp³-hybridized carbons (Fsp3) is 0.143. The Morgan fingerprint density at radius 3 is 2.44 bits per heavy atom. The summed E-state index contributed by atoms with van der Waals surface area (Å²) in [6, 6.07) is 17.1. The number of benzene rings is 2. The molecule has 6 heteroatoms. The molecular formula is C21H17BrN2O3. The van der Waals surface area contributed by atoms with Crippen LogP contribution >= 0.6 is 15.9 Å². The summed E-state index contributed by atoms with van der Waals surface area (Å²) in [5, 5.41) is 2.92. The molecular weight excluding hydrogens is 408 g/mol. The smallest absolute Gasteiger partial charge is 0.257 e. The number of carbonyl (C=O) groups is 1. The van der Waals surface area contributed by atoms with Crippen LogP contribution in [0, 0.1) is 6.92 Å². The van der Waals surface area contributed by atoms with Crippen molar-refractivity contribution in [3.8, 4) is 22.8 Å². The van der Waals surface area contributed by atoms with Gasteiger partial charge in [0.15, 0.2) is 11.5 Å². The van der Waals surface area contributed by atoms with Gasteiger partial charge in [-0.05, 0) is 35.0 Å². The second-order valence-electron chi connectivity index (χ2n) is 6.13. The van der Waals surface area contributed by atoms with Gasteiger partial charge in [0, 0.05) is 22.2 Å². The van der Waals surface area contributed by atoms with Gasteiger partial charge in [0.25, 0.3) is 5.91 Å². The maximum atomic E-state index is 12.8. The summed E-state index contributed by atoms with van der Waals surface area (Å²) in [7, 11) is 0. The summed E-state index contributed by atoms with van der Waals surface area (Å²) < 4.78 is 11.9. The lowest BCUT2D eigenvalue weighted by molar-refractivity contribution is 0.102. The molecule has 136 valence electrons. The molecule has 4 rings (SSSR count). The number of hydrogen-bond acceptors (Lipinski definition) is 4. The molecule has 1 aromatic heterocycles. The topological polar surface area (TPSA) is 60.5 Å². The van der Waals surface area contributed by atoms with E-state index < -0.39 is 0 Å². The molecule has 27 heavy (non-hydrogen) atoms. The van der Waals surface area contributed by atoms with Crippen molar-refractivity contribution < 1.29 is 14.3 Å². The number of hydrogen-bond donors (Lipinski definition) is 1. The Kier molecular flexibility index (Phi) is 4.81. The zero-order valence-electron chi connectivity index (χ0n) is 14.7. The average Bonchev–Trinajstić information content (AvgIpc) is 2.69. The summed E-state index contributed by atoms with van der Waals surface area (Å²) in [5.41, 5.74) is 3.67. The highest BCUT2D eigenvalue weighted by Crippen LogP contribution is 2.38. The standard InChI is InChI=1S/C21H17BrN2O3/c1-13-15(7-8-17(23-13)14-5-3-2-4-6-14)21(25)24-18-12-20-19(11-16(18)22)26-9-10-27-20/h2-8,11-12H,9-10H2,1H3,(H,24,25). The van der Waals surface area contributed by atoms with Gasteiger partial charge in [-0.15, -0.1) is 0 Å². The van der Waals surface area contributed by atoms with E-state index in [1.54, 1.807) is 18.2 Å². The van der Waals surface area contributed by atoms with Crippen molar-refractivity contribution in [2.75, 3.05) is 18.5 Å². The van der Waals surface area contributed by atoms with Gasteiger partial charge in [0.1, 0.15) is 13.2 Å². The number of halogens is 1. The Balaban J connectivity index is 1.58. The number of nitrogens with zero attached hydrogens (tertiary/aromatic N) is 1. The number of aromatic nitrogens is 1. The second-order valence-corrected chi connectivity index (χ2v) is 6.98. The molecule has 0 bridgehead atoms. The first-order chi connectivity index (χ1) is 13.1. The van der Waals surface area contributed by atoms with Crippen LogP contribution in [0.25, 0.3) is 11.3 Å². The van der Waals surface area contributed by atoms with Crippen LogP contribution in [0.1, 0.15) is 16.1 Å². The Bertz CT molecular complexity index is 1010. The molecule has 1 N–H and O–H groups in total. The highest BCUT2D eigenvalue weighted by Gasteiger charge is 2.18. The fourth-order valence-corrected chi connectivity index (χ4v) is 3.34. The number of amides is 1. The second kappa shape index (κ2) is 7.40. The van der Waals surface area contributed by atoms with Crippen LogP contribution < -0.4 is 14.8 Å². The van der Waals surface area contributed by atoms with Gasteiger partial charge in [0.05, 0.1) is 22.6 Å². The zero-order chi connectivity index (χ0) is 18.8. The van der Waals surface area contributed by atoms with E-state index in [1.165, 1.54) is 0 Å². The van der Waals surface area contributed by atoms with Crippen molar-refractivity contribution >= 4 is 27.5 Å². The average molecular weight is 425 g/mol. The van der Waals surface area contributed by atoms with Crippen LogP contribution in [-0.2, 0) is 0 Å². The number of ether oxygens (including phenoxy) is 2. The number of anilines is 1. The van der Waals surface area contributed by atoms with Crippen molar-refractivity contribution in [1.29, 1.82) is 0 Å². The van der Waals surface area contributed by atoms with E-state index in [9.17, 15) is 4.79 Å². The number of nitrogens with one attached hydrogen (secondary N) is 1. The van der Waals surface area contributed by atoms with E-state index >= 15 is 0 Å². The van der Waals surface area contributed by atoms with Crippen LogP contribution in [0.5, 0.6) is 11.5 Å². The largest absolute Gasteiger partial charge is 0.486 e. The van der Waals surface area contributed by atoms with Crippen LogP contribution in [0.15, 0.2) is 59.1 Å². The molecule has 0 saturated carbocycles. The molecule has 5 nitrogen and oxygen atoms in total. The Labute approximate surface area is 165 Å². The monoisotopic (exact) mass is 424 g/mol. The first-order valence-electron chi connectivity index (χ1n) is 8.55. The van der Waals surface area contributed by atoms with Gasteiger partial charge in [-0.2, -0.15) is 0 Å². The van der Waals surface area contributed by atoms with Crippen LogP contribution in [0.2, 0.25) is 0 Å². The van der Waals surface area contributed by atoms with Crippen LogP contribution in [0.4, 0.5) is 5.69 Å². The molecule has 0 fully saturated rings. The molecule has 2 aromatic carbocycles. The summed E-state index contributed by atoms with van der Waals surface area (Å²) in [6.45, 7) is 2.84. The minimum Gasteiger partial charge on any atom is -0.486 e. The third kappa shape index (κ3) is 3.66. The van der Waals surface area contributed by atoms with Gasteiger partial charge in [-0.3, -0.25) is 9.78 Å². The highest BCUT2D eigenvalue weighted by atomic mass is 79.9. The van der Waals surface area contributed by atoms with Gasteiger partial charge in [0.2, 0.25) is 0 Å². The van der Waals surface area contributed by atoms with Crippen molar-refractivity contribution in [1.82, 2.24) is 4.98 Å². The Morgan fingerprint density at radius 1 is 1.04 bits per heavy atom. The predicted octanol–water partition coefficient (Wildman–Crippen LogP) is 4.84. The molecule has 2 heterocycles. The molecule has 0 saturated heterocycles. The Hall–Kier alpha value is -2.86. The van der Waals surface area contributed by atoms with Gasteiger partial charge >= 0.3 is 0 Å². The van der Waals surface area contributed by atoms with E-state index in [4.69, 9.17) is 9.47 Å². The fourth-order valence-electron chi connectivity index (χ4n) is 2.92. The molecule has 0 radical (unpaired) electrons. The number of fused-ring (bicyclic) bond motifs is 1. The first kappa shape index (κ1) is 17.5. The lowest BCUT2D eigenvalue weighted by Gasteiger charge is -2.20. The van der Waals surface area contributed by atoms with E-state index in [2.05, 4.69) is 26.2 Å². The lowest BCUT2D eigenvalue weighted by atomic mass is 10.1. The lowest BCUT2D eigenvalue weighted by Crippen LogP contribution is -2.17. The maximum Gasteiger partial charge on any atom is 0.257 e. The minimum absolute atomic E-state index is 0.225. The van der Waals surface area contributed by atoms with E-state index in [0.29, 0.717) is 41.7 Å². The highest BCUT2D eigenvalue weighted by molar-refractivity contribution is 9.10. The van der Waals surface area contributed by atoms with Crippen molar-refractivity contribution in [3.05, 3.63) is 70.3 Å². The number of pyridine rings is 1. The molecule has 1 aliphatic rings. The zero-order valence-corrected chi connectivity index (χ0v) is 16.2. The SMILES string of the molecule is Cc1nc(-c2ccccc2)ccc1C(=O)Nc1cc2c(cc1Br)OCCO2. The number of aryl methyl sites for hydroxylation is 1. The molecule has 3 aromatic rings. The molecule has 1 amide bonds. The van der Waals surface area contributed by atoms with Crippen molar-refractivity contribution in [2.45, 2.75) is 6.92 Å². The van der Waals surface area contributed by atoms with E-state index in [-0.39, 0.29) is 5.91 Å². The number of carbonyl (C=O) groups excluding carboxylic acids is 1. The molecule has 0 unspecified atom stereocenters. The maximum absolute atomic E-state index is 12.8. The van der Waals surface area contributed by atoms with Crippen molar-refractivity contribution in [3.63, 3.8) is 0 Å². The number of rotatable bonds is 3. The third-order valence-corrected chi connectivity index (χ3v) is 4.94.